The van der Waals surface area contributed by atoms with Crippen molar-refractivity contribution in [2.24, 2.45) is 5.10 Å². The number of ether oxygens (including phenoxy) is 2. The maximum atomic E-state index is 12.2. The first-order valence-electron chi connectivity index (χ1n) is 5.54. The summed E-state index contributed by atoms with van der Waals surface area (Å²) in [7, 11) is 0. The smallest absolute Gasteiger partial charge is 0.387 e. The molecule has 0 atom stereocenters. The van der Waals surface area contributed by atoms with Gasteiger partial charge in [-0.25, -0.2) is 5.43 Å². The highest BCUT2D eigenvalue weighted by atomic mass is 19.3. The molecule has 0 spiro atoms. The van der Waals surface area contributed by atoms with Crippen LogP contribution in [0.5, 0.6) is 11.5 Å². The van der Waals surface area contributed by atoms with Crippen LogP contribution in [0.15, 0.2) is 23.3 Å². The lowest BCUT2D eigenvalue weighted by Gasteiger charge is -2.11. The molecule has 0 fully saturated rings. The number of carbonyl (C=O) groups is 1. The highest BCUT2D eigenvalue weighted by Gasteiger charge is 2.10. The SMILES string of the molecule is CCOc1cc(/C=N\NC(C)=O)ccc1OC(F)F. The number of hydrazone groups is 1. The number of halogens is 2. The van der Waals surface area contributed by atoms with Gasteiger partial charge < -0.3 is 9.47 Å². The van der Waals surface area contributed by atoms with E-state index in [4.69, 9.17) is 4.74 Å². The molecular weight excluding hydrogens is 258 g/mol. The van der Waals surface area contributed by atoms with Crippen molar-refractivity contribution >= 4 is 12.1 Å². The number of nitrogens with one attached hydrogen (secondary N) is 1. The van der Waals surface area contributed by atoms with Crippen LogP contribution in [0.2, 0.25) is 0 Å². The van der Waals surface area contributed by atoms with Crippen molar-refractivity contribution in [3.05, 3.63) is 23.8 Å². The van der Waals surface area contributed by atoms with Crippen molar-refractivity contribution in [2.75, 3.05) is 6.61 Å². The summed E-state index contributed by atoms with van der Waals surface area (Å²) in [5, 5.41) is 3.66. The van der Waals surface area contributed by atoms with E-state index in [-0.39, 0.29) is 17.4 Å². The Balaban J connectivity index is 2.88. The number of nitrogens with zero attached hydrogens (tertiary/aromatic N) is 1. The van der Waals surface area contributed by atoms with Gasteiger partial charge in [-0.2, -0.15) is 13.9 Å². The summed E-state index contributed by atoms with van der Waals surface area (Å²) in [5.74, 6) is -0.165. The van der Waals surface area contributed by atoms with E-state index in [2.05, 4.69) is 15.3 Å². The number of hydrogen-bond acceptors (Lipinski definition) is 4. The number of amides is 1. The van der Waals surface area contributed by atoms with Crippen LogP contribution in [0.4, 0.5) is 8.78 Å². The molecule has 0 aromatic heterocycles. The Bertz CT molecular complexity index is 464. The third kappa shape index (κ3) is 5.33. The Labute approximate surface area is 109 Å². The zero-order valence-corrected chi connectivity index (χ0v) is 10.5. The molecule has 1 rings (SSSR count). The third-order valence-electron chi connectivity index (χ3n) is 1.92. The van der Waals surface area contributed by atoms with Crippen LogP contribution in [-0.4, -0.2) is 25.3 Å². The minimum absolute atomic E-state index is 0.0477. The van der Waals surface area contributed by atoms with Crippen molar-refractivity contribution in [3.8, 4) is 11.5 Å². The van der Waals surface area contributed by atoms with E-state index >= 15 is 0 Å². The first kappa shape index (κ1) is 14.9. The average molecular weight is 272 g/mol. The maximum Gasteiger partial charge on any atom is 0.387 e. The minimum Gasteiger partial charge on any atom is -0.490 e. The van der Waals surface area contributed by atoms with Gasteiger partial charge in [-0.05, 0) is 30.7 Å². The lowest BCUT2D eigenvalue weighted by atomic mass is 10.2. The molecule has 0 radical (unpaired) electrons. The number of carbonyl (C=O) groups excluding carboxylic acids is 1. The molecule has 5 nitrogen and oxygen atoms in total. The molecule has 0 aliphatic carbocycles. The molecule has 104 valence electrons. The molecule has 0 aliphatic heterocycles. The molecule has 1 N–H and O–H groups in total. The quantitative estimate of drug-likeness (QED) is 0.637. The second-order valence-corrected chi connectivity index (χ2v) is 3.44. The lowest BCUT2D eigenvalue weighted by molar-refractivity contribution is -0.118. The van der Waals surface area contributed by atoms with Crippen molar-refractivity contribution < 1.29 is 23.0 Å². The molecule has 7 heteroatoms. The van der Waals surface area contributed by atoms with E-state index in [0.717, 1.165) is 0 Å². The van der Waals surface area contributed by atoms with Crippen LogP contribution in [0.1, 0.15) is 19.4 Å². The van der Waals surface area contributed by atoms with Crippen molar-refractivity contribution in [3.63, 3.8) is 0 Å². The summed E-state index contributed by atoms with van der Waals surface area (Å²) in [6, 6.07) is 4.37. The Morgan fingerprint density at radius 3 is 2.79 bits per heavy atom. The molecule has 1 aromatic carbocycles. The number of alkyl halides is 2. The van der Waals surface area contributed by atoms with Gasteiger partial charge in [0.25, 0.3) is 0 Å². The summed E-state index contributed by atoms with van der Waals surface area (Å²) >= 11 is 0. The average Bonchev–Trinajstić information content (AvgIpc) is 2.31. The fourth-order valence-electron chi connectivity index (χ4n) is 1.26. The monoisotopic (exact) mass is 272 g/mol. The van der Waals surface area contributed by atoms with Gasteiger partial charge in [-0.3, -0.25) is 4.79 Å². The zero-order chi connectivity index (χ0) is 14.3. The van der Waals surface area contributed by atoms with E-state index < -0.39 is 6.61 Å². The van der Waals surface area contributed by atoms with Gasteiger partial charge in [0.2, 0.25) is 5.91 Å². The first-order chi connectivity index (χ1) is 9.02. The molecule has 0 aliphatic rings. The van der Waals surface area contributed by atoms with E-state index in [0.29, 0.717) is 12.2 Å². The summed E-state index contributed by atoms with van der Waals surface area (Å²) in [5.41, 5.74) is 2.81. The zero-order valence-electron chi connectivity index (χ0n) is 10.5. The van der Waals surface area contributed by atoms with E-state index in [1.807, 2.05) is 0 Å². The third-order valence-corrected chi connectivity index (χ3v) is 1.92. The highest BCUT2D eigenvalue weighted by Crippen LogP contribution is 2.29. The summed E-state index contributed by atoms with van der Waals surface area (Å²) in [6.07, 6.45) is 1.37. The Morgan fingerprint density at radius 2 is 2.21 bits per heavy atom. The molecule has 0 saturated heterocycles. The van der Waals surface area contributed by atoms with Crippen LogP contribution in [-0.2, 0) is 4.79 Å². The number of hydrogen-bond donors (Lipinski definition) is 1. The molecule has 0 bridgehead atoms. The highest BCUT2D eigenvalue weighted by molar-refractivity contribution is 5.82. The van der Waals surface area contributed by atoms with Crippen molar-refractivity contribution in [1.29, 1.82) is 0 Å². The first-order valence-corrected chi connectivity index (χ1v) is 5.54. The van der Waals surface area contributed by atoms with Crippen LogP contribution in [0.25, 0.3) is 0 Å². The van der Waals surface area contributed by atoms with Crippen LogP contribution >= 0.6 is 0 Å². The second-order valence-electron chi connectivity index (χ2n) is 3.44. The topological polar surface area (TPSA) is 59.9 Å². The van der Waals surface area contributed by atoms with Crippen LogP contribution in [0, 0.1) is 0 Å². The van der Waals surface area contributed by atoms with Gasteiger partial charge in [0.05, 0.1) is 12.8 Å². The molecule has 0 saturated carbocycles. The molecule has 0 unspecified atom stereocenters. The van der Waals surface area contributed by atoms with Gasteiger partial charge in [-0.15, -0.1) is 0 Å². The van der Waals surface area contributed by atoms with Crippen molar-refractivity contribution in [1.82, 2.24) is 5.43 Å². The van der Waals surface area contributed by atoms with E-state index in [1.54, 1.807) is 6.92 Å². The predicted octanol–water partition coefficient (Wildman–Crippen LogP) is 2.16. The van der Waals surface area contributed by atoms with E-state index in [1.165, 1.54) is 31.3 Å². The second kappa shape index (κ2) is 7.30. The molecular formula is C12H14F2N2O3. The summed E-state index contributed by atoms with van der Waals surface area (Å²) in [4.78, 5) is 10.6. The number of rotatable bonds is 6. The molecule has 19 heavy (non-hydrogen) atoms. The standard InChI is InChI=1S/C12H14F2N2O3/c1-3-18-11-6-9(7-15-16-8(2)17)4-5-10(11)19-12(13)14/h4-7,12H,3H2,1-2H3,(H,16,17)/b15-7-. The van der Waals surface area contributed by atoms with Crippen LogP contribution < -0.4 is 14.9 Å². The molecule has 1 amide bonds. The van der Waals surface area contributed by atoms with E-state index in [9.17, 15) is 13.6 Å². The van der Waals surface area contributed by atoms with Gasteiger partial charge >= 0.3 is 6.61 Å². The maximum absolute atomic E-state index is 12.2. The van der Waals surface area contributed by atoms with Crippen molar-refractivity contribution in [2.45, 2.75) is 20.5 Å². The fraction of sp³-hybridized carbons (Fsp3) is 0.333. The summed E-state index contributed by atoms with van der Waals surface area (Å²) < 4.78 is 33.9. The largest absolute Gasteiger partial charge is 0.490 e. The molecule has 0 heterocycles. The van der Waals surface area contributed by atoms with Gasteiger partial charge in [0, 0.05) is 6.92 Å². The van der Waals surface area contributed by atoms with Gasteiger partial charge in [-0.1, -0.05) is 0 Å². The normalized spacial score (nSPS) is 10.8. The Morgan fingerprint density at radius 1 is 1.47 bits per heavy atom. The Hall–Kier alpha value is -2.18. The fourth-order valence-corrected chi connectivity index (χ4v) is 1.26. The minimum atomic E-state index is -2.92. The van der Waals surface area contributed by atoms with Gasteiger partial charge in [0.15, 0.2) is 11.5 Å². The number of benzene rings is 1. The Kier molecular flexibility index (Phi) is 5.72. The summed E-state index contributed by atoms with van der Waals surface area (Å²) in [6.45, 7) is 0.441. The molecule has 1 aromatic rings. The predicted molar refractivity (Wildman–Crippen MR) is 65.7 cm³/mol. The van der Waals surface area contributed by atoms with Crippen LogP contribution in [0.3, 0.4) is 0 Å². The van der Waals surface area contributed by atoms with Gasteiger partial charge in [0.1, 0.15) is 0 Å². The lowest BCUT2D eigenvalue weighted by Crippen LogP contribution is -2.12.